The summed E-state index contributed by atoms with van der Waals surface area (Å²) in [6, 6.07) is 14.1. The minimum atomic E-state index is -0.0937. The second-order valence-corrected chi connectivity index (χ2v) is 8.20. The van der Waals surface area contributed by atoms with E-state index < -0.39 is 0 Å². The van der Waals surface area contributed by atoms with Gasteiger partial charge in [-0.1, -0.05) is 31.0 Å². The summed E-state index contributed by atoms with van der Waals surface area (Å²) in [6.45, 7) is 0. The Morgan fingerprint density at radius 1 is 1.00 bits per heavy atom. The van der Waals surface area contributed by atoms with E-state index in [0.717, 1.165) is 30.0 Å². The first kappa shape index (κ1) is 15.8. The summed E-state index contributed by atoms with van der Waals surface area (Å²) in [4.78, 5) is 14.8. The quantitative estimate of drug-likeness (QED) is 0.705. The SMILES string of the molecule is O=C1CSC2(CCCC2)N1c1cnn(-c2ccccc2)c1-n1cccc1. The monoisotopic (exact) mass is 364 g/mol. The van der Waals surface area contributed by atoms with Crippen molar-refractivity contribution < 1.29 is 4.79 Å². The Balaban J connectivity index is 1.70. The molecule has 1 aliphatic carbocycles. The van der Waals surface area contributed by atoms with E-state index in [1.54, 1.807) is 11.8 Å². The van der Waals surface area contributed by atoms with E-state index in [4.69, 9.17) is 0 Å². The zero-order valence-electron chi connectivity index (χ0n) is 14.4. The average molecular weight is 364 g/mol. The molecular formula is C20H20N4OS. The van der Waals surface area contributed by atoms with Gasteiger partial charge in [-0.25, -0.2) is 4.68 Å². The molecule has 5 nitrogen and oxygen atoms in total. The van der Waals surface area contributed by atoms with Crippen LogP contribution in [0.15, 0.2) is 61.1 Å². The molecule has 26 heavy (non-hydrogen) atoms. The maximum absolute atomic E-state index is 12.9. The molecule has 1 aliphatic heterocycles. The van der Waals surface area contributed by atoms with E-state index in [-0.39, 0.29) is 10.8 Å². The van der Waals surface area contributed by atoms with Gasteiger partial charge < -0.3 is 4.57 Å². The van der Waals surface area contributed by atoms with Crippen molar-refractivity contribution in [1.29, 1.82) is 0 Å². The number of para-hydroxylation sites is 1. The van der Waals surface area contributed by atoms with Gasteiger partial charge in [0.05, 0.1) is 22.5 Å². The summed E-state index contributed by atoms with van der Waals surface area (Å²) < 4.78 is 3.97. The molecular weight excluding hydrogens is 344 g/mol. The fraction of sp³-hybridized carbons (Fsp3) is 0.300. The molecule has 0 N–H and O–H groups in total. The van der Waals surface area contributed by atoms with Crippen LogP contribution in [0.1, 0.15) is 25.7 Å². The van der Waals surface area contributed by atoms with Crippen molar-refractivity contribution in [2.75, 3.05) is 10.7 Å². The van der Waals surface area contributed by atoms with Crippen LogP contribution in [-0.4, -0.2) is 30.9 Å². The van der Waals surface area contributed by atoms with Crippen LogP contribution < -0.4 is 4.90 Å². The number of amides is 1. The molecule has 3 heterocycles. The minimum Gasteiger partial charge on any atom is -0.307 e. The van der Waals surface area contributed by atoms with Crippen molar-refractivity contribution >= 4 is 23.4 Å². The molecule has 5 rings (SSSR count). The normalized spacial score (nSPS) is 18.9. The number of benzene rings is 1. The number of aromatic nitrogens is 3. The van der Waals surface area contributed by atoms with Crippen LogP contribution in [0.25, 0.3) is 11.5 Å². The van der Waals surface area contributed by atoms with Gasteiger partial charge in [-0.05, 0) is 37.1 Å². The molecule has 6 heteroatoms. The Bertz CT molecular complexity index is 926. The highest BCUT2D eigenvalue weighted by molar-refractivity contribution is 8.02. The standard InChI is InChI=1S/C20H20N4OS/c25-18-15-26-20(10-4-5-11-20)23(18)17-14-21-24(16-8-2-1-3-9-16)19(17)22-12-6-7-13-22/h1-3,6-9,12-14H,4-5,10-11,15H2. The molecule has 1 saturated heterocycles. The van der Waals surface area contributed by atoms with Crippen LogP contribution in [0, 0.1) is 0 Å². The number of anilines is 1. The molecule has 2 aromatic heterocycles. The minimum absolute atomic E-state index is 0.0937. The smallest absolute Gasteiger partial charge is 0.238 e. The van der Waals surface area contributed by atoms with Crippen molar-refractivity contribution in [2.24, 2.45) is 0 Å². The number of rotatable bonds is 3. The lowest BCUT2D eigenvalue weighted by Crippen LogP contribution is -2.42. The highest BCUT2D eigenvalue weighted by Crippen LogP contribution is 2.51. The zero-order valence-corrected chi connectivity index (χ0v) is 15.2. The third kappa shape index (κ3) is 2.32. The first-order chi connectivity index (χ1) is 12.8. The molecule has 3 aromatic rings. The summed E-state index contributed by atoms with van der Waals surface area (Å²) in [5.74, 6) is 1.67. The average Bonchev–Trinajstić information content (AvgIpc) is 3.44. The lowest BCUT2D eigenvalue weighted by molar-refractivity contribution is -0.116. The Kier molecular flexibility index (Phi) is 3.67. The Morgan fingerprint density at radius 3 is 2.46 bits per heavy atom. The predicted octanol–water partition coefficient (Wildman–Crippen LogP) is 4.01. The number of hydrogen-bond acceptors (Lipinski definition) is 3. The van der Waals surface area contributed by atoms with Gasteiger partial charge in [0.15, 0.2) is 5.82 Å². The maximum atomic E-state index is 12.9. The van der Waals surface area contributed by atoms with Crippen molar-refractivity contribution in [2.45, 2.75) is 30.6 Å². The van der Waals surface area contributed by atoms with E-state index in [9.17, 15) is 4.79 Å². The third-order valence-electron chi connectivity index (χ3n) is 5.32. The van der Waals surface area contributed by atoms with E-state index in [0.29, 0.717) is 5.75 Å². The van der Waals surface area contributed by atoms with E-state index in [2.05, 4.69) is 5.10 Å². The fourth-order valence-electron chi connectivity index (χ4n) is 4.17. The molecule has 132 valence electrons. The summed E-state index contributed by atoms with van der Waals surface area (Å²) in [5.41, 5.74) is 1.89. The van der Waals surface area contributed by atoms with Crippen LogP contribution in [0.5, 0.6) is 0 Å². The molecule has 1 saturated carbocycles. The first-order valence-electron chi connectivity index (χ1n) is 9.02. The molecule has 1 amide bonds. The molecule has 1 spiro atoms. The zero-order chi connectivity index (χ0) is 17.6. The van der Waals surface area contributed by atoms with E-state index in [1.807, 2.05) is 75.2 Å². The third-order valence-corrected chi connectivity index (χ3v) is 6.84. The van der Waals surface area contributed by atoms with Gasteiger partial charge in [0, 0.05) is 12.4 Å². The summed E-state index contributed by atoms with van der Waals surface area (Å²) >= 11 is 1.80. The van der Waals surface area contributed by atoms with Crippen LogP contribution in [0.3, 0.4) is 0 Å². The molecule has 2 fully saturated rings. The second-order valence-electron chi connectivity index (χ2n) is 6.86. The predicted molar refractivity (Wildman–Crippen MR) is 104 cm³/mol. The van der Waals surface area contributed by atoms with Crippen molar-refractivity contribution in [1.82, 2.24) is 14.3 Å². The molecule has 0 bridgehead atoms. The number of carbonyl (C=O) groups is 1. The van der Waals surface area contributed by atoms with Gasteiger partial charge in [0.1, 0.15) is 5.69 Å². The Morgan fingerprint density at radius 2 is 1.73 bits per heavy atom. The molecule has 0 radical (unpaired) electrons. The van der Waals surface area contributed by atoms with Crippen LogP contribution in [0.2, 0.25) is 0 Å². The van der Waals surface area contributed by atoms with Gasteiger partial charge in [0.2, 0.25) is 5.91 Å². The van der Waals surface area contributed by atoms with Gasteiger partial charge in [-0.2, -0.15) is 5.10 Å². The first-order valence-corrected chi connectivity index (χ1v) is 10.0. The number of nitrogens with zero attached hydrogens (tertiary/aromatic N) is 4. The molecule has 0 unspecified atom stereocenters. The molecule has 2 aliphatic rings. The second kappa shape index (κ2) is 6.06. The summed E-state index contributed by atoms with van der Waals surface area (Å²) in [5, 5.41) is 4.67. The number of thioether (sulfide) groups is 1. The maximum Gasteiger partial charge on any atom is 0.238 e. The molecule has 0 atom stereocenters. The Hall–Kier alpha value is -2.47. The highest BCUT2D eigenvalue weighted by atomic mass is 32.2. The van der Waals surface area contributed by atoms with Crippen LogP contribution in [0.4, 0.5) is 5.69 Å². The van der Waals surface area contributed by atoms with Crippen LogP contribution >= 0.6 is 11.8 Å². The number of carbonyl (C=O) groups excluding carboxylic acids is 1. The summed E-state index contributed by atoms with van der Waals surface area (Å²) in [6.07, 6.45) is 10.4. The van der Waals surface area contributed by atoms with Gasteiger partial charge in [0.25, 0.3) is 0 Å². The Labute approximate surface area is 156 Å². The number of hydrogen-bond donors (Lipinski definition) is 0. The summed E-state index contributed by atoms with van der Waals surface area (Å²) in [7, 11) is 0. The highest BCUT2D eigenvalue weighted by Gasteiger charge is 2.50. The van der Waals surface area contributed by atoms with Crippen molar-refractivity contribution in [3.63, 3.8) is 0 Å². The lowest BCUT2D eigenvalue weighted by Gasteiger charge is -2.33. The largest absolute Gasteiger partial charge is 0.307 e. The lowest BCUT2D eigenvalue weighted by atomic mass is 10.2. The van der Waals surface area contributed by atoms with Gasteiger partial charge >= 0.3 is 0 Å². The van der Waals surface area contributed by atoms with E-state index >= 15 is 0 Å². The van der Waals surface area contributed by atoms with Gasteiger partial charge in [-0.3, -0.25) is 9.69 Å². The molecule has 1 aromatic carbocycles. The fourth-order valence-corrected chi connectivity index (χ4v) is 5.60. The van der Waals surface area contributed by atoms with Crippen LogP contribution in [-0.2, 0) is 4.79 Å². The van der Waals surface area contributed by atoms with Crippen molar-refractivity contribution in [3.8, 4) is 11.5 Å². The topological polar surface area (TPSA) is 43.1 Å². The van der Waals surface area contributed by atoms with E-state index in [1.165, 1.54) is 12.8 Å². The van der Waals surface area contributed by atoms with Gasteiger partial charge in [-0.15, -0.1) is 11.8 Å². The van der Waals surface area contributed by atoms with Crippen molar-refractivity contribution in [3.05, 3.63) is 61.1 Å².